The van der Waals surface area contributed by atoms with Crippen LogP contribution in [0, 0.1) is 17.2 Å². The molecule has 0 aliphatic heterocycles. The zero-order chi connectivity index (χ0) is 20.8. The van der Waals surface area contributed by atoms with Crippen LogP contribution in [0.1, 0.15) is 65.1 Å². The first-order valence-corrected chi connectivity index (χ1v) is 10.3. The lowest BCUT2D eigenvalue weighted by Crippen LogP contribution is -2.51. The number of nitrogens with two attached hydrogens (primary N) is 1. The number of nitrogens with zero attached hydrogens (tertiary/aromatic N) is 5. The lowest BCUT2D eigenvalue weighted by atomic mass is 10.2. The number of aromatic nitrogens is 2. The second kappa shape index (κ2) is 13.7. The van der Waals surface area contributed by atoms with Gasteiger partial charge in [-0.1, -0.05) is 40.0 Å². The van der Waals surface area contributed by atoms with Gasteiger partial charge in [-0.15, -0.1) is 0 Å². The zero-order valence-corrected chi connectivity index (χ0v) is 17.5. The number of urea groups is 1. The highest BCUT2D eigenvalue weighted by Crippen LogP contribution is 2.11. The van der Waals surface area contributed by atoms with Crippen molar-refractivity contribution in [3.8, 4) is 6.07 Å². The van der Waals surface area contributed by atoms with Crippen molar-refractivity contribution in [3.05, 3.63) is 18.1 Å². The third kappa shape index (κ3) is 9.00. The predicted molar refractivity (Wildman–Crippen MR) is 111 cm³/mol. The van der Waals surface area contributed by atoms with E-state index in [1.807, 2.05) is 11.0 Å². The van der Waals surface area contributed by atoms with E-state index in [0.29, 0.717) is 24.8 Å². The number of hydrogen-bond donors (Lipinski definition) is 2. The summed E-state index contributed by atoms with van der Waals surface area (Å²) in [7, 11) is 0. The Kier molecular flexibility index (Phi) is 11.6. The lowest BCUT2D eigenvalue weighted by Gasteiger charge is -2.30. The summed E-state index contributed by atoms with van der Waals surface area (Å²) in [5, 5.41) is 10.8. The van der Waals surface area contributed by atoms with Crippen molar-refractivity contribution in [2.45, 2.75) is 59.3 Å². The smallest absolute Gasteiger partial charge is 0.330 e. The molecular formula is C20H35N7O. The van der Waals surface area contributed by atoms with Gasteiger partial charge >= 0.3 is 6.03 Å². The van der Waals surface area contributed by atoms with E-state index in [1.54, 1.807) is 11.1 Å². The molecule has 0 saturated carbocycles. The molecule has 0 radical (unpaired) electrons. The van der Waals surface area contributed by atoms with Crippen LogP contribution in [0.15, 0.2) is 12.3 Å². The second-order valence-corrected chi connectivity index (χ2v) is 7.32. The van der Waals surface area contributed by atoms with Crippen LogP contribution < -0.4 is 16.2 Å². The standard InChI is InChI=1S/C20H35N7O/c1-4-5-13-26(14-9-7-6-8-11-21)20(28)25-27(16-17(2)3)19-10-12-23-18(15-22)24-19/h10,12,17H,4-9,11,13-14,16,21H2,1-3H3,(H,25,28). The van der Waals surface area contributed by atoms with Gasteiger partial charge in [0, 0.05) is 31.9 Å². The van der Waals surface area contributed by atoms with Crippen molar-refractivity contribution in [3.63, 3.8) is 0 Å². The summed E-state index contributed by atoms with van der Waals surface area (Å²) in [4.78, 5) is 22.9. The minimum absolute atomic E-state index is 0.0863. The highest BCUT2D eigenvalue weighted by Gasteiger charge is 2.18. The van der Waals surface area contributed by atoms with Crippen molar-refractivity contribution < 1.29 is 4.79 Å². The maximum Gasteiger partial charge on any atom is 0.336 e. The van der Waals surface area contributed by atoms with Crippen LogP contribution in [0.4, 0.5) is 10.6 Å². The maximum atomic E-state index is 12.9. The molecule has 0 spiro atoms. The van der Waals surface area contributed by atoms with Crippen molar-refractivity contribution in [1.82, 2.24) is 20.3 Å². The number of rotatable bonds is 13. The van der Waals surface area contributed by atoms with Gasteiger partial charge in [0.1, 0.15) is 6.07 Å². The number of anilines is 1. The molecule has 3 N–H and O–H groups in total. The average molecular weight is 390 g/mol. The molecule has 0 aromatic carbocycles. The Morgan fingerprint density at radius 1 is 1.25 bits per heavy atom. The van der Waals surface area contributed by atoms with E-state index in [0.717, 1.165) is 51.6 Å². The first-order chi connectivity index (χ1) is 13.5. The number of carbonyl (C=O) groups excluding carboxylic acids is 1. The number of carbonyl (C=O) groups is 1. The number of hydrogen-bond acceptors (Lipinski definition) is 6. The van der Waals surface area contributed by atoms with E-state index in [2.05, 4.69) is 36.2 Å². The molecule has 8 nitrogen and oxygen atoms in total. The number of unbranched alkanes of at least 4 members (excludes halogenated alkanes) is 4. The molecule has 0 aliphatic carbocycles. The Morgan fingerprint density at radius 3 is 2.61 bits per heavy atom. The van der Waals surface area contributed by atoms with Gasteiger partial charge in [-0.05, 0) is 31.7 Å². The highest BCUT2D eigenvalue weighted by atomic mass is 16.2. The van der Waals surface area contributed by atoms with E-state index in [9.17, 15) is 4.79 Å². The van der Waals surface area contributed by atoms with Gasteiger partial charge in [-0.25, -0.2) is 15.2 Å². The van der Waals surface area contributed by atoms with E-state index < -0.39 is 0 Å². The second-order valence-electron chi connectivity index (χ2n) is 7.32. The SMILES string of the molecule is CCCCN(CCCCCCN)C(=O)NN(CC(C)C)c1ccnc(C#N)n1. The highest BCUT2D eigenvalue weighted by molar-refractivity contribution is 5.76. The molecule has 1 heterocycles. The van der Waals surface area contributed by atoms with Gasteiger partial charge in [0.25, 0.3) is 0 Å². The topological polar surface area (TPSA) is 111 Å². The molecule has 1 aromatic heterocycles. The minimum Gasteiger partial charge on any atom is -0.330 e. The van der Waals surface area contributed by atoms with Crippen LogP contribution >= 0.6 is 0 Å². The number of nitrogens with one attached hydrogen (secondary N) is 1. The number of amides is 2. The normalized spacial score (nSPS) is 10.6. The first-order valence-electron chi connectivity index (χ1n) is 10.3. The summed E-state index contributed by atoms with van der Waals surface area (Å²) in [6.07, 6.45) is 7.69. The van der Waals surface area contributed by atoms with E-state index in [4.69, 9.17) is 11.0 Å². The molecule has 0 atom stereocenters. The van der Waals surface area contributed by atoms with E-state index >= 15 is 0 Å². The Morgan fingerprint density at radius 2 is 1.96 bits per heavy atom. The van der Waals surface area contributed by atoms with Crippen LogP contribution in [-0.2, 0) is 0 Å². The Hall–Kier alpha value is -2.40. The van der Waals surface area contributed by atoms with Crippen LogP contribution in [-0.4, -0.2) is 47.1 Å². The van der Waals surface area contributed by atoms with E-state index in [1.165, 1.54) is 6.20 Å². The number of hydrazine groups is 1. The van der Waals surface area contributed by atoms with Crippen molar-refractivity contribution in [2.24, 2.45) is 11.7 Å². The number of nitriles is 1. The molecule has 0 bridgehead atoms. The van der Waals surface area contributed by atoms with Crippen LogP contribution in [0.3, 0.4) is 0 Å². The summed E-state index contributed by atoms with van der Waals surface area (Å²) < 4.78 is 0. The van der Waals surface area contributed by atoms with Crippen LogP contribution in [0.2, 0.25) is 0 Å². The fourth-order valence-corrected chi connectivity index (χ4v) is 2.77. The largest absolute Gasteiger partial charge is 0.336 e. The minimum atomic E-state index is -0.134. The summed E-state index contributed by atoms with van der Waals surface area (Å²) >= 11 is 0. The van der Waals surface area contributed by atoms with Gasteiger partial charge in [-0.2, -0.15) is 10.2 Å². The lowest BCUT2D eigenvalue weighted by molar-refractivity contribution is 0.194. The summed E-state index contributed by atoms with van der Waals surface area (Å²) in [5.74, 6) is 0.913. The summed E-state index contributed by atoms with van der Waals surface area (Å²) in [5.41, 5.74) is 8.52. The third-order valence-electron chi connectivity index (χ3n) is 4.25. The molecular weight excluding hydrogens is 354 g/mol. The summed E-state index contributed by atoms with van der Waals surface area (Å²) in [6.45, 7) is 9.00. The zero-order valence-electron chi connectivity index (χ0n) is 17.5. The fourth-order valence-electron chi connectivity index (χ4n) is 2.77. The van der Waals surface area contributed by atoms with Crippen molar-refractivity contribution in [2.75, 3.05) is 31.2 Å². The van der Waals surface area contributed by atoms with Gasteiger partial charge < -0.3 is 10.6 Å². The van der Waals surface area contributed by atoms with Gasteiger partial charge in [0.05, 0.1) is 0 Å². The van der Waals surface area contributed by atoms with Gasteiger partial charge in [-0.3, -0.25) is 5.01 Å². The Bertz CT molecular complexity index is 615. The van der Waals surface area contributed by atoms with Crippen LogP contribution in [0.5, 0.6) is 0 Å². The maximum absolute atomic E-state index is 12.9. The van der Waals surface area contributed by atoms with Gasteiger partial charge in [0.15, 0.2) is 5.82 Å². The first kappa shape index (κ1) is 23.6. The Balaban J connectivity index is 2.80. The third-order valence-corrected chi connectivity index (χ3v) is 4.25. The molecule has 0 unspecified atom stereocenters. The quantitative estimate of drug-likeness (QED) is 0.396. The van der Waals surface area contributed by atoms with Gasteiger partial charge in [0.2, 0.25) is 5.82 Å². The van der Waals surface area contributed by atoms with E-state index in [-0.39, 0.29) is 11.9 Å². The van der Waals surface area contributed by atoms with Crippen LogP contribution in [0.25, 0.3) is 0 Å². The fraction of sp³-hybridized carbons (Fsp3) is 0.700. The molecule has 2 amide bonds. The molecule has 1 aromatic rings. The summed E-state index contributed by atoms with van der Waals surface area (Å²) in [6, 6.07) is 3.51. The molecule has 0 fully saturated rings. The van der Waals surface area contributed by atoms with Crippen molar-refractivity contribution in [1.29, 1.82) is 5.26 Å². The Labute approximate surface area is 169 Å². The van der Waals surface area contributed by atoms with Crippen molar-refractivity contribution >= 4 is 11.8 Å². The molecule has 0 saturated heterocycles. The molecule has 156 valence electrons. The monoisotopic (exact) mass is 389 g/mol. The molecule has 1 rings (SSSR count). The average Bonchev–Trinajstić information content (AvgIpc) is 2.69. The molecule has 0 aliphatic rings. The molecule has 8 heteroatoms. The predicted octanol–water partition coefficient (Wildman–Crippen LogP) is 3.06. The molecule has 28 heavy (non-hydrogen) atoms.